The maximum absolute atomic E-state index is 5.81. The van der Waals surface area contributed by atoms with Gasteiger partial charge in [0.1, 0.15) is 0 Å². The molecule has 1 aromatic carbocycles. The Labute approximate surface area is 161 Å². The van der Waals surface area contributed by atoms with Crippen molar-refractivity contribution in [1.29, 1.82) is 0 Å². The topological polar surface area (TPSA) is 38.2 Å². The fraction of sp³-hybridized carbons (Fsp3) is 0.391. The maximum atomic E-state index is 5.81. The van der Waals surface area contributed by atoms with Gasteiger partial charge in [-0.05, 0) is 81.1 Å². The van der Waals surface area contributed by atoms with E-state index in [0.717, 1.165) is 36.2 Å². The molecular formula is C23H27N3O. The number of nitrogens with zero attached hydrogens (tertiary/aromatic N) is 3. The molecule has 27 heavy (non-hydrogen) atoms. The first-order valence-corrected chi connectivity index (χ1v) is 9.88. The zero-order valence-electron chi connectivity index (χ0n) is 16.2. The van der Waals surface area contributed by atoms with E-state index in [9.17, 15) is 0 Å². The van der Waals surface area contributed by atoms with Gasteiger partial charge >= 0.3 is 0 Å². The summed E-state index contributed by atoms with van der Waals surface area (Å²) in [6.45, 7) is 8.59. The van der Waals surface area contributed by atoms with Crippen molar-refractivity contribution in [2.45, 2.75) is 33.1 Å². The molecule has 0 atom stereocenters. The Morgan fingerprint density at radius 1 is 0.963 bits per heavy atom. The molecule has 0 spiro atoms. The van der Waals surface area contributed by atoms with Crippen LogP contribution in [0, 0.1) is 13.8 Å². The minimum Gasteiger partial charge on any atom is -0.478 e. The molecule has 0 bridgehead atoms. The summed E-state index contributed by atoms with van der Waals surface area (Å²) in [5.41, 5.74) is 5.80. The normalized spacial score (nSPS) is 14.7. The van der Waals surface area contributed by atoms with Crippen LogP contribution < -0.4 is 4.74 Å². The Morgan fingerprint density at radius 3 is 2.56 bits per heavy atom. The molecule has 1 fully saturated rings. The highest BCUT2D eigenvalue weighted by Crippen LogP contribution is 2.27. The number of aryl methyl sites for hydroxylation is 2. The van der Waals surface area contributed by atoms with Gasteiger partial charge in [0.15, 0.2) is 0 Å². The smallest absolute Gasteiger partial charge is 0.213 e. The predicted octanol–water partition coefficient (Wildman–Crippen LogP) is 4.78. The van der Waals surface area contributed by atoms with Gasteiger partial charge in [-0.25, -0.2) is 4.98 Å². The lowest BCUT2D eigenvalue weighted by molar-refractivity contribution is 0.257. The highest BCUT2D eigenvalue weighted by molar-refractivity contribution is 5.87. The van der Waals surface area contributed by atoms with Crippen molar-refractivity contribution in [3.05, 3.63) is 53.9 Å². The van der Waals surface area contributed by atoms with Gasteiger partial charge in [-0.15, -0.1) is 0 Å². The summed E-state index contributed by atoms with van der Waals surface area (Å²) in [4.78, 5) is 11.5. The van der Waals surface area contributed by atoms with E-state index in [4.69, 9.17) is 4.74 Å². The monoisotopic (exact) mass is 361 g/mol. The third kappa shape index (κ3) is 4.11. The Morgan fingerprint density at radius 2 is 1.78 bits per heavy atom. The Balaban J connectivity index is 1.41. The van der Waals surface area contributed by atoms with E-state index in [0.29, 0.717) is 5.88 Å². The minimum absolute atomic E-state index is 0.703. The molecule has 3 aromatic rings. The van der Waals surface area contributed by atoms with Gasteiger partial charge in [-0.1, -0.05) is 6.07 Å². The van der Waals surface area contributed by atoms with Crippen molar-refractivity contribution < 1.29 is 4.74 Å². The third-order valence-electron chi connectivity index (χ3n) is 5.53. The van der Waals surface area contributed by atoms with Gasteiger partial charge in [-0.2, -0.15) is 0 Å². The highest BCUT2D eigenvalue weighted by Gasteiger charge is 2.10. The van der Waals surface area contributed by atoms with Crippen LogP contribution in [0.4, 0.5) is 0 Å². The molecule has 0 amide bonds. The molecular weight excluding hydrogens is 334 g/mol. The summed E-state index contributed by atoms with van der Waals surface area (Å²) < 4.78 is 5.81. The van der Waals surface area contributed by atoms with Gasteiger partial charge in [0, 0.05) is 36.0 Å². The number of rotatable bonds is 6. The SMILES string of the molecule is Cc1cnc2ccc(-c3ccc(OCCCN4CCCC4)nc3)cc2c1C. The number of fused-ring (bicyclic) bond motifs is 1. The lowest BCUT2D eigenvalue weighted by Crippen LogP contribution is -2.21. The number of ether oxygens (including phenoxy) is 1. The van der Waals surface area contributed by atoms with E-state index >= 15 is 0 Å². The zero-order valence-corrected chi connectivity index (χ0v) is 16.2. The predicted molar refractivity (Wildman–Crippen MR) is 110 cm³/mol. The second-order valence-electron chi connectivity index (χ2n) is 7.43. The van der Waals surface area contributed by atoms with Crippen LogP contribution in [0.1, 0.15) is 30.4 Å². The van der Waals surface area contributed by atoms with Crippen LogP contribution in [0.3, 0.4) is 0 Å². The zero-order chi connectivity index (χ0) is 18.6. The number of hydrogen-bond donors (Lipinski definition) is 0. The van der Waals surface area contributed by atoms with Gasteiger partial charge in [0.2, 0.25) is 5.88 Å². The molecule has 1 aliphatic rings. The van der Waals surface area contributed by atoms with Crippen molar-refractivity contribution >= 4 is 10.9 Å². The molecule has 0 saturated carbocycles. The summed E-state index contributed by atoms with van der Waals surface area (Å²) in [7, 11) is 0. The van der Waals surface area contributed by atoms with E-state index < -0.39 is 0 Å². The van der Waals surface area contributed by atoms with E-state index in [2.05, 4.69) is 53.0 Å². The van der Waals surface area contributed by atoms with Gasteiger partial charge in [0.25, 0.3) is 0 Å². The average Bonchev–Trinajstić information content (AvgIpc) is 3.22. The van der Waals surface area contributed by atoms with Crippen molar-refractivity contribution in [2.24, 2.45) is 0 Å². The Hall–Kier alpha value is -2.46. The molecule has 4 rings (SSSR count). The lowest BCUT2D eigenvalue weighted by Gasteiger charge is -2.14. The summed E-state index contributed by atoms with van der Waals surface area (Å²) in [6, 6.07) is 10.5. The van der Waals surface area contributed by atoms with Crippen LogP contribution in [-0.4, -0.2) is 41.1 Å². The molecule has 1 aliphatic heterocycles. The molecule has 4 heteroatoms. The van der Waals surface area contributed by atoms with Crippen LogP contribution in [0.5, 0.6) is 5.88 Å². The molecule has 1 saturated heterocycles. The molecule has 0 aliphatic carbocycles. The first kappa shape index (κ1) is 17.9. The minimum atomic E-state index is 0.703. The van der Waals surface area contributed by atoms with Crippen molar-refractivity contribution in [1.82, 2.24) is 14.9 Å². The summed E-state index contributed by atoms with van der Waals surface area (Å²) in [5, 5.41) is 1.20. The van der Waals surface area contributed by atoms with Crippen molar-refractivity contribution in [3.63, 3.8) is 0 Å². The fourth-order valence-corrected chi connectivity index (χ4v) is 3.71. The molecule has 2 aromatic heterocycles. The summed E-state index contributed by atoms with van der Waals surface area (Å²) in [5.74, 6) is 0.703. The second kappa shape index (κ2) is 8.05. The molecule has 0 radical (unpaired) electrons. The lowest BCUT2D eigenvalue weighted by atomic mass is 10.0. The van der Waals surface area contributed by atoms with Crippen LogP contribution >= 0.6 is 0 Å². The Bertz CT molecular complexity index is 915. The van der Waals surface area contributed by atoms with E-state index in [-0.39, 0.29) is 0 Å². The Kier molecular flexibility index (Phi) is 5.35. The summed E-state index contributed by atoms with van der Waals surface area (Å²) in [6.07, 6.45) is 7.58. The van der Waals surface area contributed by atoms with E-state index in [1.165, 1.54) is 42.4 Å². The number of pyridine rings is 2. The van der Waals surface area contributed by atoms with Crippen LogP contribution in [-0.2, 0) is 0 Å². The van der Waals surface area contributed by atoms with Gasteiger partial charge in [0.05, 0.1) is 12.1 Å². The summed E-state index contributed by atoms with van der Waals surface area (Å²) >= 11 is 0. The van der Waals surface area contributed by atoms with Crippen molar-refractivity contribution in [2.75, 3.05) is 26.2 Å². The number of benzene rings is 1. The third-order valence-corrected chi connectivity index (χ3v) is 5.53. The molecule has 3 heterocycles. The highest BCUT2D eigenvalue weighted by atomic mass is 16.5. The largest absolute Gasteiger partial charge is 0.478 e. The van der Waals surface area contributed by atoms with E-state index in [1.807, 2.05) is 18.5 Å². The van der Waals surface area contributed by atoms with Crippen LogP contribution in [0.25, 0.3) is 22.0 Å². The number of hydrogen-bond acceptors (Lipinski definition) is 4. The van der Waals surface area contributed by atoms with Crippen LogP contribution in [0.2, 0.25) is 0 Å². The number of aromatic nitrogens is 2. The first-order valence-electron chi connectivity index (χ1n) is 9.88. The average molecular weight is 361 g/mol. The molecule has 4 nitrogen and oxygen atoms in total. The molecule has 0 N–H and O–H groups in total. The van der Waals surface area contributed by atoms with E-state index in [1.54, 1.807) is 0 Å². The van der Waals surface area contributed by atoms with Crippen molar-refractivity contribution in [3.8, 4) is 17.0 Å². The standard InChI is InChI=1S/C23H27N3O/c1-17-15-24-22-8-6-19(14-21(22)18(17)2)20-7-9-23(25-16-20)27-13-5-12-26-10-3-4-11-26/h6-9,14-16H,3-5,10-13H2,1-2H3. The van der Waals surface area contributed by atoms with Gasteiger partial charge < -0.3 is 9.64 Å². The van der Waals surface area contributed by atoms with Gasteiger partial charge in [-0.3, -0.25) is 4.98 Å². The second-order valence-corrected chi connectivity index (χ2v) is 7.43. The quantitative estimate of drug-likeness (QED) is 0.592. The van der Waals surface area contributed by atoms with Crippen LogP contribution in [0.15, 0.2) is 42.7 Å². The maximum Gasteiger partial charge on any atom is 0.213 e. The molecule has 140 valence electrons. The number of likely N-dealkylation sites (tertiary alicyclic amines) is 1. The molecule has 0 unspecified atom stereocenters. The first-order chi connectivity index (χ1) is 13.2. The fourth-order valence-electron chi connectivity index (χ4n) is 3.71.